The largest absolute Gasteiger partial charge is 0.476 e. The van der Waals surface area contributed by atoms with Crippen molar-refractivity contribution in [3.05, 3.63) is 36.0 Å². The van der Waals surface area contributed by atoms with E-state index < -0.39 is 23.5 Å². The molecule has 1 radical (unpaired) electrons. The first-order chi connectivity index (χ1) is 8.39. The fraction of sp³-hybridized carbons (Fsp3) is 0.100. The molecule has 0 spiro atoms. The van der Waals surface area contributed by atoms with Gasteiger partial charge in [-0.05, 0) is 12.1 Å². The van der Waals surface area contributed by atoms with Crippen LogP contribution in [0.1, 0.15) is 16.2 Å². The topological polar surface area (TPSA) is 76.2 Å². The Morgan fingerprint density at radius 3 is 2.58 bits per heavy atom. The van der Waals surface area contributed by atoms with Gasteiger partial charge in [0.1, 0.15) is 11.4 Å². The molecule has 0 atom stereocenters. The van der Waals surface area contributed by atoms with Gasteiger partial charge in [-0.2, -0.15) is 13.2 Å². The smallest absolute Gasteiger partial charge is 0.433 e. The standard InChI is InChI=1S/C10H5F3N2O3.Li/c11-10(12,13)6-3-1-2-5(15-6)8-7(9(16)17)14-4-18-8;/h1-4H,(H,16,17);. The SMILES string of the molecule is O=C(O)c1ncoc1-c1cccc(C(F)(F)F)n1.[Li]. The van der Waals surface area contributed by atoms with Crippen LogP contribution in [0.5, 0.6) is 0 Å². The van der Waals surface area contributed by atoms with Crippen molar-refractivity contribution in [2.24, 2.45) is 0 Å². The summed E-state index contributed by atoms with van der Waals surface area (Å²) in [6, 6.07) is 3.10. The molecule has 0 aromatic carbocycles. The Hall–Kier alpha value is -1.78. The number of alkyl halides is 3. The van der Waals surface area contributed by atoms with Gasteiger partial charge in [0.15, 0.2) is 17.8 Å². The number of aromatic nitrogens is 2. The molecule has 0 unspecified atom stereocenters. The van der Waals surface area contributed by atoms with Crippen molar-refractivity contribution in [1.82, 2.24) is 9.97 Å². The van der Waals surface area contributed by atoms with Crippen LogP contribution in [0.15, 0.2) is 29.0 Å². The number of halogens is 3. The quantitative estimate of drug-likeness (QED) is 0.841. The summed E-state index contributed by atoms with van der Waals surface area (Å²) in [6.45, 7) is 0. The molecule has 0 bridgehead atoms. The summed E-state index contributed by atoms with van der Waals surface area (Å²) in [6.07, 6.45) is -3.78. The Morgan fingerprint density at radius 1 is 1.32 bits per heavy atom. The summed E-state index contributed by atoms with van der Waals surface area (Å²) in [4.78, 5) is 17.5. The number of aromatic carboxylic acids is 1. The molecule has 0 aliphatic carbocycles. The van der Waals surface area contributed by atoms with Crippen molar-refractivity contribution in [1.29, 1.82) is 0 Å². The maximum Gasteiger partial charge on any atom is 0.433 e. The molecule has 0 aliphatic rings. The molecule has 0 fully saturated rings. The van der Waals surface area contributed by atoms with E-state index in [0.29, 0.717) is 0 Å². The molecule has 95 valence electrons. The summed E-state index contributed by atoms with van der Waals surface area (Å²) in [5.41, 5.74) is -1.85. The third-order valence-corrected chi connectivity index (χ3v) is 2.04. The van der Waals surface area contributed by atoms with Gasteiger partial charge in [0.25, 0.3) is 0 Å². The monoisotopic (exact) mass is 265 g/mol. The molecule has 2 aromatic rings. The van der Waals surface area contributed by atoms with E-state index >= 15 is 0 Å². The van der Waals surface area contributed by atoms with Crippen molar-refractivity contribution in [3.63, 3.8) is 0 Å². The number of hydrogen-bond acceptors (Lipinski definition) is 4. The molecule has 0 amide bonds. The van der Waals surface area contributed by atoms with Crippen molar-refractivity contribution >= 4 is 24.8 Å². The second kappa shape index (κ2) is 5.46. The van der Waals surface area contributed by atoms with E-state index in [1.165, 1.54) is 6.07 Å². The number of nitrogens with zero attached hydrogens (tertiary/aromatic N) is 2. The van der Waals surface area contributed by atoms with Crippen LogP contribution >= 0.6 is 0 Å². The third kappa shape index (κ3) is 3.16. The average molecular weight is 265 g/mol. The van der Waals surface area contributed by atoms with E-state index in [1.54, 1.807) is 0 Å². The van der Waals surface area contributed by atoms with Crippen LogP contribution in [0.2, 0.25) is 0 Å². The number of carboxylic acids is 1. The zero-order valence-electron chi connectivity index (χ0n) is 9.60. The van der Waals surface area contributed by atoms with E-state index in [2.05, 4.69) is 9.97 Å². The normalized spacial score (nSPS) is 10.9. The summed E-state index contributed by atoms with van der Waals surface area (Å²) in [5.74, 6) is -1.72. The molecule has 5 nitrogen and oxygen atoms in total. The van der Waals surface area contributed by atoms with Gasteiger partial charge in [-0.1, -0.05) is 6.07 Å². The number of rotatable bonds is 2. The number of hydrogen-bond donors (Lipinski definition) is 1. The molecule has 2 aromatic heterocycles. The predicted molar refractivity (Wildman–Crippen MR) is 57.4 cm³/mol. The first-order valence-electron chi connectivity index (χ1n) is 4.61. The molecule has 19 heavy (non-hydrogen) atoms. The number of oxazole rings is 1. The zero-order chi connectivity index (χ0) is 13.3. The number of carbonyl (C=O) groups is 1. The van der Waals surface area contributed by atoms with Crippen molar-refractivity contribution in [2.45, 2.75) is 6.18 Å². The fourth-order valence-electron chi connectivity index (χ4n) is 1.30. The van der Waals surface area contributed by atoms with Crippen LogP contribution in [-0.2, 0) is 6.18 Å². The second-order valence-corrected chi connectivity index (χ2v) is 3.24. The molecular weight excluding hydrogens is 260 g/mol. The maximum absolute atomic E-state index is 12.4. The van der Waals surface area contributed by atoms with Crippen molar-refractivity contribution in [3.8, 4) is 11.5 Å². The zero-order valence-corrected chi connectivity index (χ0v) is 9.60. The summed E-state index contributed by atoms with van der Waals surface area (Å²) in [7, 11) is 0. The molecular formula is C10H5F3LiN2O3. The minimum absolute atomic E-state index is 0. The second-order valence-electron chi connectivity index (χ2n) is 3.24. The molecule has 0 saturated heterocycles. The predicted octanol–water partition coefficient (Wildman–Crippen LogP) is 2.07. The van der Waals surface area contributed by atoms with Crippen LogP contribution < -0.4 is 0 Å². The van der Waals surface area contributed by atoms with E-state index in [-0.39, 0.29) is 30.3 Å². The van der Waals surface area contributed by atoms with Gasteiger partial charge >= 0.3 is 12.1 Å². The van der Waals surface area contributed by atoms with Gasteiger partial charge in [-0.15, -0.1) is 0 Å². The van der Waals surface area contributed by atoms with Crippen LogP contribution in [0, 0.1) is 0 Å². The Morgan fingerprint density at radius 2 is 2.00 bits per heavy atom. The van der Waals surface area contributed by atoms with Gasteiger partial charge in [-0.25, -0.2) is 14.8 Å². The van der Waals surface area contributed by atoms with Gasteiger partial charge in [-0.3, -0.25) is 0 Å². The molecule has 9 heteroatoms. The van der Waals surface area contributed by atoms with E-state index in [4.69, 9.17) is 9.52 Å². The minimum atomic E-state index is -4.61. The Bertz CT molecular complexity index is 598. The fourth-order valence-corrected chi connectivity index (χ4v) is 1.30. The molecule has 1 N–H and O–H groups in total. The molecule has 0 saturated carbocycles. The van der Waals surface area contributed by atoms with E-state index in [0.717, 1.165) is 18.5 Å². The van der Waals surface area contributed by atoms with Crippen molar-refractivity contribution < 1.29 is 27.5 Å². The minimum Gasteiger partial charge on any atom is -0.476 e. The molecule has 0 aliphatic heterocycles. The van der Waals surface area contributed by atoms with Crippen LogP contribution in [-0.4, -0.2) is 39.9 Å². The Balaban J connectivity index is 0.00000180. The summed E-state index contributed by atoms with van der Waals surface area (Å²) < 4.78 is 42.1. The molecule has 2 rings (SSSR count). The summed E-state index contributed by atoms with van der Waals surface area (Å²) in [5, 5.41) is 8.77. The van der Waals surface area contributed by atoms with Gasteiger partial charge < -0.3 is 9.52 Å². The van der Waals surface area contributed by atoms with Crippen LogP contribution in [0.3, 0.4) is 0 Å². The third-order valence-electron chi connectivity index (χ3n) is 2.04. The van der Waals surface area contributed by atoms with Crippen LogP contribution in [0.25, 0.3) is 11.5 Å². The summed E-state index contributed by atoms with van der Waals surface area (Å²) >= 11 is 0. The molecule has 2 heterocycles. The number of carboxylic acid groups (broad SMARTS) is 1. The van der Waals surface area contributed by atoms with Gasteiger partial charge in [0.2, 0.25) is 0 Å². The van der Waals surface area contributed by atoms with E-state index in [9.17, 15) is 18.0 Å². The van der Waals surface area contributed by atoms with Crippen LogP contribution in [0.4, 0.5) is 13.2 Å². The van der Waals surface area contributed by atoms with Gasteiger partial charge in [0.05, 0.1) is 0 Å². The maximum atomic E-state index is 12.4. The van der Waals surface area contributed by atoms with E-state index in [1.807, 2.05) is 0 Å². The first-order valence-corrected chi connectivity index (χ1v) is 4.61. The van der Waals surface area contributed by atoms with Crippen molar-refractivity contribution in [2.75, 3.05) is 0 Å². The first kappa shape index (κ1) is 15.3. The van der Waals surface area contributed by atoms with Gasteiger partial charge in [0, 0.05) is 18.9 Å². The Labute approximate surface area is 116 Å². The average Bonchev–Trinajstić information content (AvgIpc) is 2.77. The Kier molecular flexibility index (Phi) is 4.39. The number of pyridine rings is 1.